The highest BCUT2D eigenvalue weighted by molar-refractivity contribution is 6.01. The van der Waals surface area contributed by atoms with E-state index in [1.807, 2.05) is 6.92 Å². The number of carboxylic acids is 1. The normalized spacial score (nSPS) is 12.0. The van der Waals surface area contributed by atoms with E-state index in [1.54, 1.807) is 0 Å². The molecule has 0 heterocycles. The van der Waals surface area contributed by atoms with Gasteiger partial charge in [-0.3, -0.25) is 4.79 Å². The number of aliphatic carboxylic acids is 1. The van der Waals surface area contributed by atoms with Crippen LogP contribution in [-0.4, -0.2) is 46.7 Å². The molecule has 0 unspecified atom stereocenters. The van der Waals surface area contributed by atoms with E-state index in [0.717, 1.165) is 6.42 Å². The second kappa shape index (κ2) is 7.00. The number of carbonyl (C=O) groups is 2. The molecule has 92 valence electrons. The standard InChI is InChI=1S/C11H19NO4/c1-4-5-12(6-7-13)10(14)8(2)9(3)11(15)16/h13H,4-7H2,1-3H3,(H,15,16). The van der Waals surface area contributed by atoms with Gasteiger partial charge in [-0.15, -0.1) is 0 Å². The number of nitrogens with zero attached hydrogens (tertiary/aromatic N) is 1. The SMILES string of the molecule is CCCN(CCO)C(=O)C(C)=C(C)C(=O)O. The topological polar surface area (TPSA) is 77.8 Å². The van der Waals surface area contributed by atoms with Gasteiger partial charge in [-0.1, -0.05) is 6.92 Å². The summed E-state index contributed by atoms with van der Waals surface area (Å²) in [5.41, 5.74) is 0.262. The van der Waals surface area contributed by atoms with Crippen LogP contribution in [0.1, 0.15) is 27.2 Å². The molecule has 0 aromatic carbocycles. The van der Waals surface area contributed by atoms with Gasteiger partial charge in [-0.05, 0) is 20.3 Å². The van der Waals surface area contributed by atoms with Crippen molar-refractivity contribution in [3.05, 3.63) is 11.1 Å². The molecular weight excluding hydrogens is 210 g/mol. The van der Waals surface area contributed by atoms with E-state index in [9.17, 15) is 9.59 Å². The summed E-state index contributed by atoms with van der Waals surface area (Å²) in [7, 11) is 0. The Kier molecular flexibility index (Phi) is 6.41. The highest BCUT2D eigenvalue weighted by Crippen LogP contribution is 2.08. The Morgan fingerprint density at radius 3 is 2.06 bits per heavy atom. The zero-order valence-electron chi connectivity index (χ0n) is 9.99. The van der Waals surface area contributed by atoms with Crippen molar-refractivity contribution in [3.63, 3.8) is 0 Å². The first kappa shape index (κ1) is 14.6. The number of rotatable bonds is 6. The first-order valence-electron chi connectivity index (χ1n) is 5.26. The maximum absolute atomic E-state index is 11.9. The van der Waals surface area contributed by atoms with Crippen LogP contribution in [0.4, 0.5) is 0 Å². The third-order valence-corrected chi connectivity index (χ3v) is 2.35. The molecular formula is C11H19NO4. The van der Waals surface area contributed by atoms with E-state index < -0.39 is 5.97 Å². The van der Waals surface area contributed by atoms with E-state index in [0.29, 0.717) is 6.54 Å². The van der Waals surface area contributed by atoms with Gasteiger partial charge >= 0.3 is 5.97 Å². The molecule has 5 nitrogen and oxygen atoms in total. The van der Waals surface area contributed by atoms with Crippen LogP contribution in [0.3, 0.4) is 0 Å². The predicted octanol–water partition coefficient (Wildman–Crippen LogP) is 0.638. The van der Waals surface area contributed by atoms with Crippen molar-refractivity contribution >= 4 is 11.9 Å². The zero-order valence-corrected chi connectivity index (χ0v) is 9.99. The van der Waals surface area contributed by atoms with Gasteiger partial charge in [0, 0.05) is 24.2 Å². The lowest BCUT2D eigenvalue weighted by molar-refractivity contribution is -0.134. The van der Waals surface area contributed by atoms with Crippen LogP contribution in [0, 0.1) is 0 Å². The largest absolute Gasteiger partial charge is 0.478 e. The Balaban J connectivity index is 4.86. The lowest BCUT2D eigenvalue weighted by Crippen LogP contribution is -2.35. The van der Waals surface area contributed by atoms with Gasteiger partial charge in [0.25, 0.3) is 0 Å². The molecule has 0 saturated carbocycles. The average molecular weight is 229 g/mol. The molecule has 0 aromatic heterocycles. The Labute approximate surface area is 95.4 Å². The second-order valence-corrected chi connectivity index (χ2v) is 3.57. The smallest absolute Gasteiger partial charge is 0.331 e. The summed E-state index contributed by atoms with van der Waals surface area (Å²) in [6, 6.07) is 0. The van der Waals surface area contributed by atoms with Crippen molar-refractivity contribution in [2.75, 3.05) is 19.7 Å². The molecule has 0 atom stereocenters. The molecule has 0 rings (SSSR count). The molecule has 0 radical (unpaired) electrons. The Hall–Kier alpha value is -1.36. The molecule has 0 aliphatic rings. The van der Waals surface area contributed by atoms with E-state index in [-0.39, 0.29) is 30.2 Å². The van der Waals surface area contributed by atoms with E-state index in [2.05, 4.69) is 0 Å². The molecule has 0 aliphatic carbocycles. The molecule has 16 heavy (non-hydrogen) atoms. The summed E-state index contributed by atoms with van der Waals surface area (Å²) < 4.78 is 0. The minimum absolute atomic E-state index is 0.0454. The summed E-state index contributed by atoms with van der Waals surface area (Å²) in [5, 5.41) is 17.6. The number of carbonyl (C=O) groups excluding carboxylic acids is 1. The third kappa shape index (κ3) is 4.02. The van der Waals surface area contributed by atoms with Gasteiger partial charge in [0.05, 0.1) is 6.61 Å². The summed E-state index contributed by atoms with van der Waals surface area (Å²) in [5.74, 6) is -1.41. The monoisotopic (exact) mass is 229 g/mol. The Bertz CT molecular complexity index is 290. The fourth-order valence-corrected chi connectivity index (χ4v) is 1.26. The molecule has 0 saturated heterocycles. The van der Waals surface area contributed by atoms with Crippen LogP contribution in [0.25, 0.3) is 0 Å². The molecule has 1 amide bonds. The summed E-state index contributed by atoms with van der Waals surface area (Å²) in [6.07, 6.45) is 0.769. The highest BCUT2D eigenvalue weighted by Gasteiger charge is 2.18. The van der Waals surface area contributed by atoms with Crippen molar-refractivity contribution in [1.29, 1.82) is 0 Å². The van der Waals surface area contributed by atoms with Crippen molar-refractivity contribution in [2.45, 2.75) is 27.2 Å². The number of hydrogen-bond acceptors (Lipinski definition) is 3. The van der Waals surface area contributed by atoms with Crippen LogP contribution in [0.15, 0.2) is 11.1 Å². The lowest BCUT2D eigenvalue weighted by Gasteiger charge is -2.21. The fraction of sp³-hybridized carbons (Fsp3) is 0.636. The van der Waals surface area contributed by atoms with Gasteiger partial charge in [-0.25, -0.2) is 4.79 Å². The molecule has 5 heteroatoms. The highest BCUT2D eigenvalue weighted by atomic mass is 16.4. The maximum Gasteiger partial charge on any atom is 0.331 e. The van der Waals surface area contributed by atoms with E-state index in [1.165, 1.54) is 18.7 Å². The Morgan fingerprint density at radius 1 is 1.12 bits per heavy atom. The van der Waals surface area contributed by atoms with Crippen molar-refractivity contribution in [2.24, 2.45) is 0 Å². The quantitative estimate of drug-likeness (QED) is 0.655. The van der Waals surface area contributed by atoms with Gasteiger partial charge < -0.3 is 15.1 Å². The van der Waals surface area contributed by atoms with Crippen LogP contribution in [-0.2, 0) is 9.59 Å². The maximum atomic E-state index is 11.9. The predicted molar refractivity (Wildman–Crippen MR) is 60.0 cm³/mol. The van der Waals surface area contributed by atoms with Crippen LogP contribution in [0.5, 0.6) is 0 Å². The minimum atomic E-state index is -1.09. The van der Waals surface area contributed by atoms with Gasteiger partial charge in [0.15, 0.2) is 0 Å². The minimum Gasteiger partial charge on any atom is -0.478 e. The van der Waals surface area contributed by atoms with Gasteiger partial charge in [-0.2, -0.15) is 0 Å². The van der Waals surface area contributed by atoms with Crippen LogP contribution < -0.4 is 0 Å². The third-order valence-electron chi connectivity index (χ3n) is 2.35. The number of hydrogen-bond donors (Lipinski definition) is 2. The number of aliphatic hydroxyl groups excluding tert-OH is 1. The zero-order chi connectivity index (χ0) is 12.7. The van der Waals surface area contributed by atoms with Gasteiger partial charge in [0.1, 0.15) is 0 Å². The van der Waals surface area contributed by atoms with E-state index in [4.69, 9.17) is 10.2 Å². The summed E-state index contributed by atoms with van der Waals surface area (Å²) >= 11 is 0. The summed E-state index contributed by atoms with van der Waals surface area (Å²) in [4.78, 5) is 24.0. The lowest BCUT2D eigenvalue weighted by atomic mass is 10.1. The van der Waals surface area contributed by atoms with Gasteiger partial charge in [0.2, 0.25) is 5.91 Å². The van der Waals surface area contributed by atoms with Crippen LogP contribution >= 0.6 is 0 Å². The van der Waals surface area contributed by atoms with E-state index >= 15 is 0 Å². The first-order valence-corrected chi connectivity index (χ1v) is 5.26. The van der Waals surface area contributed by atoms with Crippen molar-refractivity contribution in [1.82, 2.24) is 4.90 Å². The number of carboxylic acid groups (broad SMARTS) is 1. The fourth-order valence-electron chi connectivity index (χ4n) is 1.26. The molecule has 0 fully saturated rings. The van der Waals surface area contributed by atoms with Crippen molar-refractivity contribution in [3.8, 4) is 0 Å². The molecule has 0 spiro atoms. The second-order valence-electron chi connectivity index (χ2n) is 3.57. The molecule has 0 bridgehead atoms. The Morgan fingerprint density at radius 2 is 1.69 bits per heavy atom. The average Bonchev–Trinajstić information content (AvgIpc) is 2.25. The summed E-state index contributed by atoms with van der Waals surface area (Å²) in [6.45, 7) is 5.44. The number of aliphatic hydroxyl groups is 1. The van der Waals surface area contributed by atoms with Crippen LogP contribution in [0.2, 0.25) is 0 Å². The molecule has 2 N–H and O–H groups in total. The molecule has 0 aliphatic heterocycles. The number of amides is 1. The molecule has 0 aromatic rings. The van der Waals surface area contributed by atoms with Crippen molar-refractivity contribution < 1.29 is 19.8 Å². The first-order chi connectivity index (χ1) is 7.45.